The molecule has 1 fully saturated rings. The molecule has 1 atom stereocenters. The van der Waals surface area contributed by atoms with Crippen LogP contribution in [0.4, 0.5) is 11.4 Å². The number of pyridine rings is 1. The van der Waals surface area contributed by atoms with Crippen LogP contribution in [0, 0.1) is 0 Å². The first kappa shape index (κ1) is 27.2. The molecular weight excluding hydrogens is 512 g/mol. The SMILES string of the molecule is COC(=O)c1c(NC(=O)C2CCCO2)c2cc(NCc3ccc(OCCO)cc3)cnc2n1Cc1ccccc1. The second kappa shape index (κ2) is 12.6. The van der Waals surface area contributed by atoms with Crippen LogP contribution in [0.15, 0.2) is 66.9 Å². The number of ether oxygens (including phenoxy) is 3. The van der Waals surface area contributed by atoms with Crippen molar-refractivity contribution in [1.82, 2.24) is 9.55 Å². The largest absolute Gasteiger partial charge is 0.491 e. The zero-order chi connectivity index (χ0) is 27.9. The number of hydrogen-bond acceptors (Lipinski definition) is 8. The Morgan fingerprint density at radius 3 is 2.62 bits per heavy atom. The first-order chi connectivity index (χ1) is 19.6. The highest BCUT2D eigenvalue weighted by molar-refractivity contribution is 6.12. The Labute approximate surface area is 231 Å². The minimum atomic E-state index is -0.574. The summed E-state index contributed by atoms with van der Waals surface area (Å²) in [5, 5.41) is 15.9. The molecule has 3 heterocycles. The quantitative estimate of drug-likeness (QED) is 0.242. The van der Waals surface area contributed by atoms with Crippen LogP contribution in [0.3, 0.4) is 0 Å². The normalized spacial score (nSPS) is 14.7. The highest BCUT2D eigenvalue weighted by atomic mass is 16.5. The minimum Gasteiger partial charge on any atom is -0.491 e. The predicted octanol–water partition coefficient (Wildman–Crippen LogP) is 3.97. The summed E-state index contributed by atoms with van der Waals surface area (Å²) in [6.45, 7) is 1.61. The Morgan fingerprint density at radius 1 is 1.12 bits per heavy atom. The molecule has 1 unspecified atom stereocenters. The van der Waals surface area contributed by atoms with Crippen molar-refractivity contribution in [3.8, 4) is 5.75 Å². The van der Waals surface area contributed by atoms with Crippen LogP contribution in [0.1, 0.15) is 34.5 Å². The van der Waals surface area contributed by atoms with Gasteiger partial charge in [0.2, 0.25) is 0 Å². The van der Waals surface area contributed by atoms with E-state index in [0.29, 0.717) is 54.3 Å². The number of fused-ring (bicyclic) bond motifs is 1. The van der Waals surface area contributed by atoms with E-state index >= 15 is 0 Å². The maximum absolute atomic E-state index is 13.1. The van der Waals surface area contributed by atoms with Gasteiger partial charge in [-0.15, -0.1) is 0 Å². The average molecular weight is 545 g/mol. The van der Waals surface area contributed by atoms with E-state index in [2.05, 4.69) is 10.6 Å². The van der Waals surface area contributed by atoms with Gasteiger partial charge in [-0.25, -0.2) is 9.78 Å². The van der Waals surface area contributed by atoms with E-state index in [9.17, 15) is 9.59 Å². The summed E-state index contributed by atoms with van der Waals surface area (Å²) in [5.74, 6) is -0.194. The summed E-state index contributed by atoms with van der Waals surface area (Å²) in [5.41, 5.74) is 3.81. The van der Waals surface area contributed by atoms with Crippen molar-refractivity contribution in [2.24, 2.45) is 0 Å². The number of benzene rings is 2. The van der Waals surface area contributed by atoms with Crippen LogP contribution in [0.5, 0.6) is 5.75 Å². The molecule has 40 heavy (non-hydrogen) atoms. The van der Waals surface area contributed by atoms with E-state index < -0.39 is 12.1 Å². The zero-order valence-corrected chi connectivity index (χ0v) is 22.3. The van der Waals surface area contributed by atoms with Crippen molar-refractivity contribution in [2.45, 2.75) is 32.0 Å². The van der Waals surface area contributed by atoms with Crippen LogP contribution in [-0.4, -0.2) is 59.6 Å². The fourth-order valence-electron chi connectivity index (χ4n) is 4.74. The number of carbonyl (C=O) groups excluding carboxylic acids is 2. The molecule has 10 heteroatoms. The summed E-state index contributed by atoms with van der Waals surface area (Å²) < 4.78 is 17.9. The number of nitrogens with one attached hydrogen (secondary N) is 2. The van der Waals surface area contributed by atoms with Gasteiger partial charge in [0.25, 0.3) is 5.91 Å². The molecule has 0 aliphatic carbocycles. The number of methoxy groups -OCH3 is 1. The maximum atomic E-state index is 13.1. The second-order valence-corrected chi connectivity index (χ2v) is 9.44. The number of esters is 1. The van der Waals surface area contributed by atoms with Gasteiger partial charge in [0, 0.05) is 25.1 Å². The zero-order valence-electron chi connectivity index (χ0n) is 22.3. The van der Waals surface area contributed by atoms with E-state index in [1.54, 1.807) is 10.8 Å². The topological polar surface area (TPSA) is 124 Å². The number of anilines is 2. The number of aliphatic hydroxyl groups is 1. The lowest BCUT2D eigenvalue weighted by Crippen LogP contribution is -2.28. The lowest BCUT2D eigenvalue weighted by atomic mass is 10.2. The van der Waals surface area contributed by atoms with Crippen molar-refractivity contribution in [1.29, 1.82) is 0 Å². The van der Waals surface area contributed by atoms with Crippen molar-refractivity contribution in [3.05, 3.63) is 83.7 Å². The molecule has 10 nitrogen and oxygen atoms in total. The lowest BCUT2D eigenvalue weighted by Gasteiger charge is -2.13. The van der Waals surface area contributed by atoms with Crippen molar-refractivity contribution in [2.75, 3.05) is 37.6 Å². The summed E-state index contributed by atoms with van der Waals surface area (Å²) in [6, 6.07) is 19.2. The number of carbonyl (C=O) groups is 2. The number of hydrogen-bond donors (Lipinski definition) is 3. The van der Waals surface area contributed by atoms with Gasteiger partial charge in [0.1, 0.15) is 24.1 Å². The monoisotopic (exact) mass is 544 g/mol. The molecule has 0 saturated carbocycles. The summed E-state index contributed by atoms with van der Waals surface area (Å²) in [4.78, 5) is 30.9. The molecule has 0 bridgehead atoms. The molecule has 3 N–H and O–H groups in total. The first-order valence-electron chi connectivity index (χ1n) is 13.2. The van der Waals surface area contributed by atoms with Gasteiger partial charge < -0.3 is 34.5 Å². The Bertz CT molecular complexity index is 1460. The highest BCUT2D eigenvalue weighted by Crippen LogP contribution is 2.34. The third-order valence-electron chi connectivity index (χ3n) is 6.71. The molecular formula is C30H32N4O6. The molecule has 1 amide bonds. The van der Waals surface area contributed by atoms with E-state index in [1.165, 1.54) is 7.11 Å². The molecule has 4 aromatic rings. The molecule has 0 radical (unpaired) electrons. The Balaban J connectivity index is 1.49. The first-order valence-corrected chi connectivity index (χ1v) is 13.2. The third-order valence-corrected chi connectivity index (χ3v) is 6.71. The van der Waals surface area contributed by atoms with Crippen molar-refractivity contribution >= 4 is 34.3 Å². The lowest BCUT2D eigenvalue weighted by molar-refractivity contribution is -0.124. The van der Waals surface area contributed by atoms with Crippen LogP contribution in [0.25, 0.3) is 11.0 Å². The van der Waals surface area contributed by atoms with Crippen LogP contribution in [0.2, 0.25) is 0 Å². The number of aliphatic hydroxyl groups excluding tert-OH is 1. The second-order valence-electron chi connectivity index (χ2n) is 9.44. The molecule has 5 rings (SSSR count). The predicted molar refractivity (Wildman–Crippen MR) is 151 cm³/mol. The fourth-order valence-corrected chi connectivity index (χ4v) is 4.74. The third kappa shape index (κ3) is 6.08. The number of amides is 1. The maximum Gasteiger partial charge on any atom is 0.356 e. The van der Waals surface area contributed by atoms with E-state index in [0.717, 1.165) is 17.5 Å². The number of aromatic nitrogens is 2. The van der Waals surface area contributed by atoms with Crippen LogP contribution >= 0.6 is 0 Å². The number of nitrogens with zero attached hydrogens (tertiary/aromatic N) is 2. The van der Waals surface area contributed by atoms with E-state index in [-0.39, 0.29) is 24.8 Å². The average Bonchev–Trinajstić information content (AvgIpc) is 3.63. The van der Waals surface area contributed by atoms with Crippen molar-refractivity contribution in [3.63, 3.8) is 0 Å². The summed E-state index contributed by atoms with van der Waals surface area (Å²) in [6.07, 6.45) is 2.56. The summed E-state index contributed by atoms with van der Waals surface area (Å²) >= 11 is 0. The van der Waals surface area contributed by atoms with Gasteiger partial charge in [-0.3, -0.25) is 4.79 Å². The van der Waals surface area contributed by atoms with Crippen LogP contribution in [-0.2, 0) is 27.4 Å². The van der Waals surface area contributed by atoms with Gasteiger partial charge in [0.05, 0.1) is 31.3 Å². The van der Waals surface area contributed by atoms with Gasteiger partial charge in [-0.2, -0.15) is 0 Å². The highest BCUT2D eigenvalue weighted by Gasteiger charge is 2.30. The Morgan fingerprint density at radius 2 is 1.93 bits per heavy atom. The van der Waals surface area contributed by atoms with Crippen molar-refractivity contribution < 1.29 is 28.9 Å². The molecule has 2 aromatic heterocycles. The molecule has 2 aromatic carbocycles. The molecule has 0 spiro atoms. The number of rotatable bonds is 11. The Kier molecular flexibility index (Phi) is 8.58. The van der Waals surface area contributed by atoms with Crippen LogP contribution < -0.4 is 15.4 Å². The molecule has 1 aliphatic heterocycles. The fraction of sp³-hybridized carbons (Fsp3) is 0.300. The van der Waals surface area contributed by atoms with Gasteiger partial charge >= 0.3 is 5.97 Å². The smallest absolute Gasteiger partial charge is 0.356 e. The standard InChI is InChI=1S/C30H32N4O6/c1-38-30(37)27-26(33-29(36)25-8-5-14-40-25)24-16-22(31-17-20-9-11-23(12-10-20)39-15-13-35)18-32-28(24)34(27)19-21-6-3-2-4-7-21/h2-4,6-7,9-12,16,18,25,31,35H,5,8,13-15,17,19H2,1H3,(H,33,36). The van der Waals surface area contributed by atoms with Gasteiger partial charge in [-0.1, -0.05) is 42.5 Å². The van der Waals surface area contributed by atoms with Gasteiger partial charge in [-0.05, 0) is 42.2 Å². The Hall–Kier alpha value is -4.41. The molecule has 208 valence electrons. The molecule has 1 aliphatic rings. The minimum absolute atomic E-state index is 0.0420. The molecule has 1 saturated heterocycles. The van der Waals surface area contributed by atoms with Gasteiger partial charge in [0.15, 0.2) is 5.69 Å². The van der Waals surface area contributed by atoms with E-state index in [1.807, 2.05) is 60.7 Å². The summed E-state index contributed by atoms with van der Waals surface area (Å²) in [7, 11) is 1.32. The van der Waals surface area contributed by atoms with E-state index in [4.69, 9.17) is 24.3 Å².